The van der Waals surface area contributed by atoms with Crippen molar-refractivity contribution in [1.82, 2.24) is 4.31 Å². The first-order valence-corrected chi connectivity index (χ1v) is 9.86. The van der Waals surface area contributed by atoms with Gasteiger partial charge in [-0.3, -0.25) is 4.79 Å². The fourth-order valence-electron chi connectivity index (χ4n) is 2.59. The molecule has 1 saturated heterocycles. The minimum atomic E-state index is -3.63. The normalized spacial score (nSPS) is 15.2. The van der Waals surface area contributed by atoms with Crippen molar-refractivity contribution in [3.8, 4) is 5.75 Å². The third-order valence-electron chi connectivity index (χ3n) is 4.03. The minimum absolute atomic E-state index is 0.0969. The number of sulfonamides is 1. The molecule has 0 spiro atoms. The molecule has 1 N–H and O–H groups in total. The molecule has 10 heteroatoms. The number of anilines is 1. The monoisotopic (exact) mass is 412 g/mol. The van der Waals surface area contributed by atoms with Crippen LogP contribution in [0.3, 0.4) is 0 Å². The molecule has 7 nitrogen and oxygen atoms in total. The SMILES string of the molecule is O=C(COc1ccc(S(=O)(=O)N2CCOCC2)cc1)Nc1c(F)cccc1F. The number of carbonyl (C=O) groups is 1. The number of nitrogens with zero attached hydrogens (tertiary/aromatic N) is 1. The zero-order valence-electron chi connectivity index (χ0n) is 14.7. The molecule has 2 aromatic carbocycles. The zero-order valence-corrected chi connectivity index (χ0v) is 15.5. The van der Waals surface area contributed by atoms with Crippen molar-refractivity contribution in [3.05, 3.63) is 54.1 Å². The summed E-state index contributed by atoms with van der Waals surface area (Å²) in [6.07, 6.45) is 0. The van der Waals surface area contributed by atoms with Gasteiger partial charge in [0, 0.05) is 13.1 Å². The number of benzene rings is 2. The molecule has 0 aliphatic carbocycles. The predicted octanol–water partition coefficient (Wildman–Crippen LogP) is 2.00. The number of ether oxygens (including phenoxy) is 2. The predicted molar refractivity (Wildman–Crippen MR) is 96.5 cm³/mol. The molecule has 1 heterocycles. The van der Waals surface area contributed by atoms with Crippen molar-refractivity contribution >= 4 is 21.6 Å². The lowest BCUT2D eigenvalue weighted by Gasteiger charge is -2.26. The molecule has 1 aliphatic rings. The topological polar surface area (TPSA) is 84.9 Å². The van der Waals surface area contributed by atoms with Gasteiger partial charge < -0.3 is 14.8 Å². The summed E-state index contributed by atoms with van der Waals surface area (Å²) < 4.78 is 63.8. The van der Waals surface area contributed by atoms with Crippen molar-refractivity contribution < 1.29 is 31.5 Å². The molecule has 3 rings (SSSR count). The molecule has 1 amide bonds. The highest BCUT2D eigenvalue weighted by Crippen LogP contribution is 2.21. The molecule has 0 bridgehead atoms. The van der Waals surface area contributed by atoms with Gasteiger partial charge in [0.1, 0.15) is 23.1 Å². The average molecular weight is 412 g/mol. The molecule has 0 saturated carbocycles. The Balaban J connectivity index is 1.59. The largest absolute Gasteiger partial charge is 0.484 e. The average Bonchev–Trinajstić information content (AvgIpc) is 2.70. The van der Waals surface area contributed by atoms with Crippen molar-refractivity contribution in [2.75, 3.05) is 38.2 Å². The van der Waals surface area contributed by atoms with Crippen LogP contribution in [0.4, 0.5) is 14.5 Å². The quantitative estimate of drug-likeness (QED) is 0.785. The molecule has 28 heavy (non-hydrogen) atoms. The number of halogens is 2. The second-order valence-corrected chi connectivity index (χ2v) is 7.86. The van der Waals surface area contributed by atoms with Crippen molar-refractivity contribution in [3.63, 3.8) is 0 Å². The van der Waals surface area contributed by atoms with Crippen molar-refractivity contribution in [1.29, 1.82) is 0 Å². The van der Waals surface area contributed by atoms with E-state index in [1.807, 2.05) is 0 Å². The van der Waals surface area contributed by atoms with Crippen LogP contribution in [-0.2, 0) is 19.6 Å². The number of para-hydroxylation sites is 1. The summed E-state index contributed by atoms with van der Waals surface area (Å²) in [5, 5.41) is 2.10. The molecule has 1 aliphatic heterocycles. The van der Waals surface area contributed by atoms with Crippen LogP contribution < -0.4 is 10.1 Å². The maximum Gasteiger partial charge on any atom is 0.262 e. The maximum atomic E-state index is 13.5. The second-order valence-electron chi connectivity index (χ2n) is 5.92. The summed E-state index contributed by atoms with van der Waals surface area (Å²) in [6.45, 7) is 0.764. The van der Waals surface area contributed by atoms with Crippen LogP contribution in [0.15, 0.2) is 47.4 Å². The summed E-state index contributed by atoms with van der Waals surface area (Å²) in [4.78, 5) is 11.9. The van der Waals surface area contributed by atoms with Gasteiger partial charge >= 0.3 is 0 Å². The molecular formula is C18H18F2N2O5S. The van der Waals surface area contributed by atoms with Gasteiger partial charge in [0.05, 0.1) is 18.1 Å². The molecule has 0 radical (unpaired) electrons. The van der Waals surface area contributed by atoms with E-state index in [1.54, 1.807) is 0 Å². The highest BCUT2D eigenvalue weighted by Gasteiger charge is 2.26. The summed E-state index contributed by atoms with van der Waals surface area (Å²) in [5.74, 6) is -2.31. The number of carbonyl (C=O) groups excluding carboxylic acids is 1. The number of amides is 1. The first kappa shape index (κ1) is 20.2. The van der Waals surface area contributed by atoms with Gasteiger partial charge in [-0.05, 0) is 36.4 Å². The smallest absolute Gasteiger partial charge is 0.262 e. The number of hydrogen-bond donors (Lipinski definition) is 1. The van der Waals surface area contributed by atoms with Crippen LogP contribution in [0.2, 0.25) is 0 Å². The van der Waals surface area contributed by atoms with Crippen LogP contribution in [0, 0.1) is 11.6 Å². The lowest BCUT2D eigenvalue weighted by Crippen LogP contribution is -2.40. The summed E-state index contributed by atoms with van der Waals surface area (Å²) in [7, 11) is -3.63. The van der Waals surface area contributed by atoms with E-state index < -0.39 is 39.9 Å². The Labute approximate surface area is 160 Å². The van der Waals surface area contributed by atoms with E-state index >= 15 is 0 Å². The van der Waals surface area contributed by atoms with E-state index in [0.717, 1.165) is 12.1 Å². The Morgan fingerprint density at radius 3 is 2.29 bits per heavy atom. The van der Waals surface area contributed by atoms with Crippen LogP contribution >= 0.6 is 0 Å². The molecular weight excluding hydrogens is 394 g/mol. The molecule has 2 aromatic rings. The van der Waals surface area contributed by atoms with E-state index in [9.17, 15) is 22.0 Å². The third-order valence-corrected chi connectivity index (χ3v) is 5.94. The fourth-order valence-corrected chi connectivity index (χ4v) is 3.99. The van der Waals surface area contributed by atoms with Gasteiger partial charge in [-0.15, -0.1) is 0 Å². The van der Waals surface area contributed by atoms with E-state index in [2.05, 4.69) is 5.32 Å². The Morgan fingerprint density at radius 1 is 1.07 bits per heavy atom. The Bertz CT molecular complexity index is 925. The van der Waals surface area contributed by atoms with Gasteiger partial charge in [-0.1, -0.05) is 6.07 Å². The van der Waals surface area contributed by atoms with Crippen molar-refractivity contribution in [2.45, 2.75) is 4.90 Å². The molecule has 0 unspecified atom stereocenters. The van der Waals surface area contributed by atoms with Crippen LogP contribution in [0.25, 0.3) is 0 Å². The Kier molecular flexibility index (Phi) is 6.22. The first-order valence-electron chi connectivity index (χ1n) is 8.42. The van der Waals surface area contributed by atoms with E-state index in [4.69, 9.17) is 9.47 Å². The molecule has 1 fully saturated rings. The summed E-state index contributed by atoms with van der Waals surface area (Å²) in [6, 6.07) is 8.78. The first-order chi connectivity index (χ1) is 13.4. The summed E-state index contributed by atoms with van der Waals surface area (Å²) in [5.41, 5.74) is -0.553. The van der Waals surface area contributed by atoms with Gasteiger partial charge in [-0.2, -0.15) is 4.31 Å². The fraction of sp³-hybridized carbons (Fsp3) is 0.278. The van der Waals surface area contributed by atoms with Gasteiger partial charge in [0.25, 0.3) is 5.91 Å². The second kappa shape index (κ2) is 8.63. The third kappa shape index (κ3) is 4.64. The number of nitrogens with one attached hydrogen (secondary N) is 1. The highest BCUT2D eigenvalue weighted by atomic mass is 32.2. The summed E-state index contributed by atoms with van der Waals surface area (Å²) >= 11 is 0. The highest BCUT2D eigenvalue weighted by molar-refractivity contribution is 7.89. The van der Waals surface area contributed by atoms with E-state index in [1.165, 1.54) is 34.6 Å². The maximum absolute atomic E-state index is 13.5. The lowest BCUT2D eigenvalue weighted by atomic mass is 10.3. The number of hydrogen-bond acceptors (Lipinski definition) is 5. The van der Waals surface area contributed by atoms with Crippen LogP contribution in [-0.4, -0.2) is 51.5 Å². The molecule has 0 atom stereocenters. The number of rotatable bonds is 6. The van der Waals surface area contributed by atoms with Gasteiger partial charge in [0.15, 0.2) is 6.61 Å². The molecule has 0 aromatic heterocycles. The number of morpholine rings is 1. The Morgan fingerprint density at radius 2 is 1.68 bits per heavy atom. The minimum Gasteiger partial charge on any atom is -0.484 e. The van der Waals surface area contributed by atoms with E-state index in [-0.39, 0.29) is 23.7 Å². The van der Waals surface area contributed by atoms with Crippen LogP contribution in [0.5, 0.6) is 5.75 Å². The van der Waals surface area contributed by atoms with Gasteiger partial charge in [0.2, 0.25) is 10.0 Å². The van der Waals surface area contributed by atoms with Crippen LogP contribution in [0.1, 0.15) is 0 Å². The zero-order chi connectivity index (χ0) is 20.1. The van der Waals surface area contributed by atoms with Crippen molar-refractivity contribution in [2.24, 2.45) is 0 Å². The molecule has 150 valence electrons. The standard InChI is InChI=1S/C18H18F2N2O5S/c19-15-2-1-3-16(20)18(15)21-17(23)12-27-13-4-6-14(7-5-13)28(24,25)22-8-10-26-11-9-22/h1-7H,8-12H2,(H,21,23). The lowest BCUT2D eigenvalue weighted by molar-refractivity contribution is -0.118. The van der Waals surface area contributed by atoms with E-state index in [0.29, 0.717) is 13.2 Å². The van der Waals surface area contributed by atoms with Gasteiger partial charge in [-0.25, -0.2) is 17.2 Å². The Hall–Kier alpha value is -2.56.